The lowest BCUT2D eigenvalue weighted by Gasteiger charge is -2.17. The van der Waals surface area contributed by atoms with E-state index in [0.717, 1.165) is 5.56 Å². The van der Waals surface area contributed by atoms with E-state index < -0.39 is 5.91 Å². The lowest BCUT2D eigenvalue weighted by Crippen LogP contribution is -2.45. The average molecular weight is 445 g/mol. The van der Waals surface area contributed by atoms with Gasteiger partial charge in [0, 0.05) is 21.1 Å². The van der Waals surface area contributed by atoms with Crippen molar-refractivity contribution >= 4 is 50.9 Å². The van der Waals surface area contributed by atoms with Crippen LogP contribution in [0.5, 0.6) is 0 Å². The minimum absolute atomic E-state index is 0.0925. The summed E-state index contributed by atoms with van der Waals surface area (Å²) in [5.74, 6) is -0.739. The first-order chi connectivity index (χ1) is 11.9. The van der Waals surface area contributed by atoms with E-state index in [0.29, 0.717) is 26.6 Å². The summed E-state index contributed by atoms with van der Waals surface area (Å²) in [6.07, 6.45) is 0. The fraction of sp³-hybridized carbons (Fsp3) is 0.176. The topological polar surface area (TPSA) is 61.4 Å². The van der Waals surface area contributed by atoms with Crippen LogP contribution in [0.2, 0.25) is 10.0 Å². The van der Waals surface area contributed by atoms with Crippen molar-refractivity contribution in [3.63, 3.8) is 0 Å². The van der Waals surface area contributed by atoms with Crippen molar-refractivity contribution in [2.45, 2.75) is 6.54 Å². The van der Waals surface area contributed by atoms with E-state index in [2.05, 4.69) is 26.8 Å². The highest BCUT2D eigenvalue weighted by Crippen LogP contribution is 2.21. The largest absolute Gasteiger partial charge is 0.293 e. The molecule has 5 nitrogen and oxygen atoms in total. The second-order valence-corrected chi connectivity index (χ2v) is 7.09. The van der Waals surface area contributed by atoms with E-state index in [9.17, 15) is 9.59 Å². The van der Waals surface area contributed by atoms with Gasteiger partial charge in [-0.05, 0) is 52.8 Å². The van der Waals surface area contributed by atoms with Gasteiger partial charge < -0.3 is 0 Å². The van der Waals surface area contributed by atoms with Gasteiger partial charge in [0.2, 0.25) is 0 Å². The molecule has 0 radical (unpaired) electrons. The molecule has 0 aliphatic heterocycles. The maximum absolute atomic E-state index is 12.0. The molecule has 2 amide bonds. The van der Waals surface area contributed by atoms with Gasteiger partial charge in [-0.3, -0.25) is 25.3 Å². The molecule has 0 aromatic heterocycles. The predicted octanol–water partition coefficient (Wildman–Crippen LogP) is 3.65. The number of amides is 2. The Morgan fingerprint density at radius 1 is 1.12 bits per heavy atom. The third-order valence-corrected chi connectivity index (χ3v) is 4.58. The van der Waals surface area contributed by atoms with Crippen LogP contribution in [0.25, 0.3) is 0 Å². The fourth-order valence-corrected chi connectivity index (χ4v) is 3.05. The zero-order valence-electron chi connectivity index (χ0n) is 13.4. The molecule has 0 saturated heterocycles. The first-order valence-electron chi connectivity index (χ1n) is 7.33. The van der Waals surface area contributed by atoms with Crippen molar-refractivity contribution in [2.75, 3.05) is 13.6 Å². The molecular weight excluding hydrogens is 429 g/mol. The average Bonchev–Trinajstić information content (AvgIpc) is 2.55. The van der Waals surface area contributed by atoms with E-state index in [1.54, 1.807) is 48.3 Å². The predicted molar refractivity (Wildman–Crippen MR) is 103 cm³/mol. The molecular formula is C17H16BrCl2N3O2. The summed E-state index contributed by atoms with van der Waals surface area (Å²) in [4.78, 5) is 25.8. The zero-order chi connectivity index (χ0) is 18.4. The van der Waals surface area contributed by atoms with Crippen LogP contribution in [-0.2, 0) is 11.3 Å². The van der Waals surface area contributed by atoms with Crippen molar-refractivity contribution in [1.29, 1.82) is 0 Å². The van der Waals surface area contributed by atoms with Crippen LogP contribution in [0, 0.1) is 0 Å². The minimum Gasteiger partial charge on any atom is -0.293 e. The van der Waals surface area contributed by atoms with Gasteiger partial charge in [0.1, 0.15) is 0 Å². The Labute approximate surface area is 164 Å². The molecule has 0 saturated carbocycles. The van der Waals surface area contributed by atoms with Crippen LogP contribution in [-0.4, -0.2) is 30.3 Å². The van der Waals surface area contributed by atoms with Crippen molar-refractivity contribution in [1.82, 2.24) is 15.8 Å². The summed E-state index contributed by atoms with van der Waals surface area (Å²) in [5, 5.41) is 1.10. The molecule has 2 aromatic carbocycles. The summed E-state index contributed by atoms with van der Waals surface area (Å²) in [5.41, 5.74) is 6.08. The number of benzene rings is 2. The minimum atomic E-state index is -0.399. The van der Waals surface area contributed by atoms with Crippen LogP contribution in [0.3, 0.4) is 0 Å². The van der Waals surface area contributed by atoms with E-state index in [4.69, 9.17) is 23.2 Å². The Balaban J connectivity index is 1.83. The maximum atomic E-state index is 12.0. The number of likely N-dealkylation sites (N-methyl/N-ethyl adjacent to an activating group) is 1. The number of halogens is 3. The first-order valence-corrected chi connectivity index (χ1v) is 8.88. The lowest BCUT2D eigenvalue weighted by molar-refractivity contribution is -0.122. The number of nitrogens with one attached hydrogen (secondary N) is 2. The van der Waals surface area contributed by atoms with E-state index in [1.165, 1.54) is 0 Å². The molecule has 0 unspecified atom stereocenters. The molecule has 0 spiro atoms. The Bertz CT molecular complexity index is 786. The van der Waals surface area contributed by atoms with E-state index >= 15 is 0 Å². The molecule has 25 heavy (non-hydrogen) atoms. The van der Waals surface area contributed by atoms with E-state index in [1.807, 2.05) is 6.07 Å². The Morgan fingerprint density at radius 2 is 1.84 bits per heavy atom. The monoisotopic (exact) mass is 443 g/mol. The second-order valence-electron chi connectivity index (χ2n) is 5.39. The molecule has 132 valence electrons. The Morgan fingerprint density at radius 3 is 2.52 bits per heavy atom. The third kappa shape index (κ3) is 6.01. The van der Waals surface area contributed by atoms with Gasteiger partial charge in [0.05, 0.1) is 12.1 Å². The van der Waals surface area contributed by atoms with Crippen molar-refractivity contribution in [2.24, 2.45) is 0 Å². The van der Waals surface area contributed by atoms with Gasteiger partial charge in [-0.15, -0.1) is 0 Å². The number of hydrogen-bond donors (Lipinski definition) is 2. The summed E-state index contributed by atoms with van der Waals surface area (Å²) < 4.78 is 0.649. The van der Waals surface area contributed by atoms with Gasteiger partial charge in [0.25, 0.3) is 11.8 Å². The second kappa shape index (κ2) is 9.20. The van der Waals surface area contributed by atoms with Crippen molar-refractivity contribution in [3.8, 4) is 0 Å². The number of hydrazine groups is 1. The van der Waals surface area contributed by atoms with Crippen LogP contribution < -0.4 is 10.9 Å². The van der Waals surface area contributed by atoms with Crippen molar-refractivity contribution in [3.05, 3.63) is 68.1 Å². The number of nitrogens with zero attached hydrogens (tertiary/aromatic N) is 1. The summed E-state index contributed by atoms with van der Waals surface area (Å²) in [6, 6.07) is 12.2. The standard InChI is InChI=1S/C17H16BrCl2N3O2/c1-23(9-11-6-7-12(19)8-15(11)20)10-16(24)21-22-17(25)13-4-2-3-5-14(13)18/h2-8H,9-10H2,1H3,(H,21,24)(H,22,25). The van der Waals surface area contributed by atoms with Crippen LogP contribution in [0.15, 0.2) is 46.9 Å². The molecule has 0 atom stereocenters. The Kier molecular flexibility index (Phi) is 7.25. The highest BCUT2D eigenvalue weighted by atomic mass is 79.9. The summed E-state index contributed by atoms with van der Waals surface area (Å²) in [6.45, 7) is 0.566. The highest BCUT2D eigenvalue weighted by molar-refractivity contribution is 9.10. The molecule has 0 heterocycles. The van der Waals surface area contributed by atoms with E-state index in [-0.39, 0.29) is 12.5 Å². The highest BCUT2D eigenvalue weighted by Gasteiger charge is 2.12. The van der Waals surface area contributed by atoms with Gasteiger partial charge in [-0.2, -0.15) is 0 Å². The quantitative estimate of drug-likeness (QED) is 0.692. The lowest BCUT2D eigenvalue weighted by atomic mass is 10.2. The van der Waals surface area contributed by atoms with Crippen LogP contribution in [0.4, 0.5) is 0 Å². The normalized spacial score (nSPS) is 10.6. The zero-order valence-corrected chi connectivity index (χ0v) is 16.5. The molecule has 2 rings (SSSR count). The van der Waals surface area contributed by atoms with Crippen LogP contribution >= 0.6 is 39.1 Å². The number of carbonyl (C=O) groups excluding carboxylic acids is 2. The fourth-order valence-electron chi connectivity index (χ4n) is 2.12. The van der Waals surface area contributed by atoms with Gasteiger partial charge in [0.15, 0.2) is 0 Å². The number of rotatable bonds is 5. The third-order valence-electron chi connectivity index (χ3n) is 3.30. The molecule has 0 aliphatic carbocycles. The molecule has 0 aliphatic rings. The van der Waals surface area contributed by atoms with Crippen molar-refractivity contribution < 1.29 is 9.59 Å². The number of carbonyl (C=O) groups is 2. The molecule has 0 bridgehead atoms. The molecule has 0 fully saturated rings. The van der Waals surface area contributed by atoms with Gasteiger partial charge in [-0.1, -0.05) is 41.4 Å². The van der Waals surface area contributed by atoms with Gasteiger partial charge >= 0.3 is 0 Å². The molecule has 2 N–H and O–H groups in total. The SMILES string of the molecule is CN(CC(=O)NNC(=O)c1ccccc1Br)Cc1ccc(Cl)cc1Cl. The molecule has 8 heteroatoms. The summed E-state index contributed by atoms with van der Waals surface area (Å²) in [7, 11) is 1.78. The molecule has 2 aromatic rings. The Hall–Kier alpha value is -1.60. The van der Waals surface area contributed by atoms with Gasteiger partial charge in [-0.25, -0.2) is 0 Å². The smallest absolute Gasteiger partial charge is 0.270 e. The van der Waals surface area contributed by atoms with Crippen LogP contribution in [0.1, 0.15) is 15.9 Å². The maximum Gasteiger partial charge on any atom is 0.270 e. The number of hydrogen-bond acceptors (Lipinski definition) is 3. The first kappa shape index (κ1) is 19.7. The summed E-state index contributed by atoms with van der Waals surface area (Å²) >= 11 is 15.3.